The standard InChI is InChI=1S/C16H25N3O5S/c1-23-7-5-19(14-4-8-25(21,22)12-14)11-13(9-17)16(20)18-10-15-3-2-6-24-15/h11,14-15H,2-8,10,12H2,1H3,(H,18,20)/b13-11-. The first kappa shape index (κ1) is 19.7. The van der Waals surface area contributed by atoms with E-state index in [1.54, 1.807) is 12.0 Å². The van der Waals surface area contributed by atoms with Gasteiger partial charge in [0.15, 0.2) is 9.84 Å². The second-order valence-corrected chi connectivity index (χ2v) is 8.52. The van der Waals surface area contributed by atoms with Gasteiger partial charge >= 0.3 is 0 Å². The fraction of sp³-hybridized carbons (Fsp3) is 0.750. The Morgan fingerprint density at radius 3 is 2.84 bits per heavy atom. The number of hydrogen-bond donors (Lipinski definition) is 1. The highest BCUT2D eigenvalue weighted by atomic mass is 32.2. The van der Waals surface area contributed by atoms with Crippen LogP contribution in [0.2, 0.25) is 0 Å². The van der Waals surface area contributed by atoms with Gasteiger partial charge in [0, 0.05) is 39.0 Å². The predicted molar refractivity (Wildman–Crippen MR) is 91.3 cm³/mol. The van der Waals surface area contributed by atoms with Crippen molar-refractivity contribution >= 4 is 15.7 Å². The van der Waals surface area contributed by atoms with Crippen molar-refractivity contribution in [2.75, 3.05) is 44.9 Å². The zero-order valence-electron chi connectivity index (χ0n) is 14.4. The lowest BCUT2D eigenvalue weighted by atomic mass is 10.2. The Morgan fingerprint density at radius 1 is 1.48 bits per heavy atom. The van der Waals surface area contributed by atoms with Crippen molar-refractivity contribution in [3.63, 3.8) is 0 Å². The molecule has 2 fully saturated rings. The molecule has 0 aromatic heterocycles. The zero-order chi connectivity index (χ0) is 18.3. The number of methoxy groups -OCH3 is 1. The quantitative estimate of drug-likeness (QED) is 0.466. The predicted octanol–water partition coefficient (Wildman–Crippen LogP) is -0.175. The molecule has 2 aliphatic heterocycles. The van der Waals surface area contributed by atoms with Gasteiger partial charge in [-0.05, 0) is 19.3 Å². The molecule has 2 heterocycles. The molecule has 25 heavy (non-hydrogen) atoms. The second-order valence-electron chi connectivity index (χ2n) is 6.29. The molecule has 0 bridgehead atoms. The van der Waals surface area contributed by atoms with E-state index in [2.05, 4.69) is 5.32 Å². The van der Waals surface area contributed by atoms with Gasteiger partial charge in [-0.2, -0.15) is 5.26 Å². The lowest BCUT2D eigenvalue weighted by Crippen LogP contribution is -2.37. The summed E-state index contributed by atoms with van der Waals surface area (Å²) in [7, 11) is -1.51. The number of nitrogens with zero attached hydrogens (tertiary/aromatic N) is 2. The van der Waals surface area contributed by atoms with Gasteiger partial charge in [0.05, 0.1) is 24.2 Å². The Hall–Kier alpha value is -1.63. The van der Waals surface area contributed by atoms with E-state index in [-0.39, 0.29) is 29.2 Å². The summed E-state index contributed by atoms with van der Waals surface area (Å²) in [5, 5.41) is 12.0. The molecular formula is C16H25N3O5S. The molecule has 1 N–H and O–H groups in total. The van der Waals surface area contributed by atoms with Crippen LogP contribution in [0.3, 0.4) is 0 Å². The van der Waals surface area contributed by atoms with E-state index in [0.717, 1.165) is 12.8 Å². The highest BCUT2D eigenvalue weighted by molar-refractivity contribution is 7.91. The Labute approximate surface area is 148 Å². The Kier molecular flexibility index (Phi) is 7.23. The van der Waals surface area contributed by atoms with E-state index >= 15 is 0 Å². The summed E-state index contributed by atoms with van der Waals surface area (Å²) in [4.78, 5) is 14.0. The summed E-state index contributed by atoms with van der Waals surface area (Å²) in [5.41, 5.74) is -0.0432. The van der Waals surface area contributed by atoms with Gasteiger partial charge in [0.1, 0.15) is 11.6 Å². The molecule has 2 rings (SSSR count). The van der Waals surface area contributed by atoms with E-state index < -0.39 is 15.7 Å². The number of sulfone groups is 1. The van der Waals surface area contributed by atoms with E-state index in [0.29, 0.717) is 32.7 Å². The van der Waals surface area contributed by atoms with Crippen LogP contribution in [0.25, 0.3) is 0 Å². The van der Waals surface area contributed by atoms with E-state index in [4.69, 9.17) is 9.47 Å². The summed E-state index contributed by atoms with van der Waals surface area (Å²) in [6.07, 6.45) is 3.80. The van der Waals surface area contributed by atoms with E-state index in [1.165, 1.54) is 6.20 Å². The molecule has 0 radical (unpaired) electrons. The third kappa shape index (κ3) is 5.99. The van der Waals surface area contributed by atoms with Crippen molar-refractivity contribution in [2.45, 2.75) is 31.4 Å². The molecule has 9 heteroatoms. The third-order valence-corrected chi connectivity index (χ3v) is 6.16. The van der Waals surface area contributed by atoms with Gasteiger partial charge in [-0.1, -0.05) is 0 Å². The maximum Gasteiger partial charge on any atom is 0.263 e. The monoisotopic (exact) mass is 371 g/mol. The maximum atomic E-state index is 12.2. The van der Waals surface area contributed by atoms with Crippen LogP contribution in [0.15, 0.2) is 11.8 Å². The van der Waals surface area contributed by atoms with Gasteiger partial charge in [-0.15, -0.1) is 0 Å². The Morgan fingerprint density at radius 2 is 2.28 bits per heavy atom. The molecule has 0 spiro atoms. The summed E-state index contributed by atoms with van der Waals surface area (Å²) in [6.45, 7) is 1.86. The van der Waals surface area contributed by atoms with Gasteiger partial charge in [-0.3, -0.25) is 4.79 Å². The van der Waals surface area contributed by atoms with Crippen molar-refractivity contribution in [3.8, 4) is 6.07 Å². The minimum Gasteiger partial charge on any atom is -0.383 e. The molecule has 140 valence electrons. The van der Waals surface area contributed by atoms with Crippen molar-refractivity contribution in [2.24, 2.45) is 0 Å². The van der Waals surface area contributed by atoms with Crippen LogP contribution < -0.4 is 5.32 Å². The second kappa shape index (κ2) is 9.17. The van der Waals surface area contributed by atoms with Crippen molar-refractivity contribution in [1.29, 1.82) is 5.26 Å². The summed E-state index contributed by atoms with van der Waals surface area (Å²) in [6, 6.07) is 1.66. The van der Waals surface area contributed by atoms with E-state index in [9.17, 15) is 18.5 Å². The number of nitriles is 1. The molecule has 2 unspecified atom stereocenters. The average Bonchev–Trinajstić information content (AvgIpc) is 3.22. The summed E-state index contributed by atoms with van der Waals surface area (Å²) in [5.74, 6) is -0.313. The largest absolute Gasteiger partial charge is 0.383 e. The lowest BCUT2D eigenvalue weighted by molar-refractivity contribution is -0.117. The number of carbonyl (C=O) groups is 1. The number of hydrogen-bond acceptors (Lipinski definition) is 7. The zero-order valence-corrected chi connectivity index (χ0v) is 15.3. The van der Waals surface area contributed by atoms with Gasteiger partial charge in [0.25, 0.3) is 5.91 Å². The molecule has 0 aromatic rings. The van der Waals surface area contributed by atoms with Crippen LogP contribution in [0.4, 0.5) is 0 Å². The topological polar surface area (TPSA) is 109 Å². The molecule has 2 saturated heterocycles. The first-order chi connectivity index (χ1) is 11.9. The first-order valence-corrected chi connectivity index (χ1v) is 10.2. The van der Waals surface area contributed by atoms with Crippen LogP contribution in [-0.4, -0.2) is 76.3 Å². The molecule has 2 aliphatic rings. The summed E-state index contributed by atoms with van der Waals surface area (Å²) >= 11 is 0. The molecule has 0 aromatic carbocycles. The number of ether oxygens (including phenoxy) is 2. The van der Waals surface area contributed by atoms with Crippen LogP contribution >= 0.6 is 0 Å². The Balaban J connectivity index is 2.02. The fourth-order valence-electron chi connectivity index (χ4n) is 3.00. The van der Waals surface area contributed by atoms with Crippen LogP contribution in [0.5, 0.6) is 0 Å². The van der Waals surface area contributed by atoms with Gasteiger partial charge < -0.3 is 19.7 Å². The number of carbonyl (C=O) groups excluding carboxylic acids is 1. The van der Waals surface area contributed by atoms with Crippen LogP contribution in [-0.2, 0) is 24.1 Å². The highest BCUT2D eigenvalue weighted by Gasteiger charge is 2.31. The lowest BCUT2D eigenvalue weighted by Gasteiger charge is -2.26. The Bertz CT molecular complexity index is 635. The normalized spacial score (nSPS) is 25.5. The first-order valence-electron chi connectivity index (χ1n) is 8.42. The molecule has 0 aliphatic carbocycles. The maximum absolute atomic E-state index is 12.2. The average molecular weight is 371 g/mol. The van der Waals surface area contributed by atoms with Crippen LogP contribution in [0, 0.1) is 11.3 Å². The number of nitrogens with one attached hydrogen (secondary N) is 1. The van der Waals surface area contributed by atoms with Gasteiger partial charge in [0.2, 0.25) is 0 Å². The molecule has 0 saturated carbocycles. The van der Waals surface area contributed by atoms with Crippen LogP contribution in [0.1, 0.15) is 19.3 Å². The van der Waals surface area contributed by atoms with Crippen molar-refractivity contribution in [3.05, 3.63) is 11.8 Å². The third-order valence-electron chi connectivity index (χ3n) is 4.41. The number of rotatable bonds is 8. The molecule has 8 nitrogen and oxygen atoms in total. The smallest absolute Gasteiger partial charge is 0.263 e. The minimum absolute atomic E-state index is 0.00605. The van der Waals surface area contributed by atoms with Crippen molar-refractivity contribution < 1.29 is 22.7 Å². The summed E-state index contributed by atoms with van der Waals surface area (Å²) < 4.78 is 33.9. The molecule has 1 amide bonds. The van der Waals surface area contributed by atoms with E-state index in [1.807, 2.05) is 6.07 Å². The fourth-order valence-corrected chi connectivity index (χ4v) is 4.74. The molecular weight excluding hydrogens is 346 g/mol. The SMILES string of the molecule is COCCN(/C=C(/C#N)C(=O)NCC1CCCO1)C1CCS(=O)(=O)C1. The van der Waals surface area contributed by atoms with Crippen molar-refractivity contribution in [1.82, 2.24) is 10.2 Å². The number of amides is 1. The van der Waals surface area contributed by atoms with Gasteiger partial charge in [-0.25, -0.2) is 8.42 Å². The molecule has 2 atom stereocenters. The highest BCUT2D eigenvalue weighted by Crippen LogP contribution is 2.19. The minimum atomic E-state index is -3.06.